The van der Waals surface area contributed by atoms with Crippen LogP contribution in [0.2, 0.25) is 0 Å². The standard InChI is InChI=1S/C22H28N2O5/c1-15(2)20(24-22(26)29-14-16-8-6-5-7-9-16)21(25)23-13-17-10-11-18(27-3)19(12-17)28-4/h5-12,15,20H,13-14H2,1-4H3,(H,23,25)(H,24,26)/t20-/m0/s1. The maximum absolute atomic E-state index is 12.6. The minimum atomic E-state index is -0.710. The molecular weight excluding hydrogens is 372 g/mol. The first-order valence-electron chi connectivity index (χ1n) is 9.40. The van der Waals surface area contributed by atoms with Crippen LogP contribution in [-0.2, 0) is 22.7 Å². The summed E-state index contributed by atoms with van der Waals surface area (Å²) in [6.07, 6.45) is -0.631. The van der Waals surface area contributed by atoms with Gasteiger partial charge in [0.05, 0.1) is 14.2 Å². The Bertz CT molecular complexity index is 808. The lowest BCUT2D eigenvalue weighted by atomic mass is 10.0. The number of ether oxygens (including phenoxy) is 3. The van der Waals surface area contributed by atoms with Crippen LogP contribution in [0.4, 0.5) is 4.79 Å². The molecule has 0 spiro atoms. The molecule has 7 nitrogen and oxygen atoms in total. The number of hydrogen-bond acceptors (Lipinski definition) is 5. The van der Waals surface area contributed by atoms with E-state index in [-0.39, 0.29) is 18.4 Å². The summed E-state index contributed by atoms with van der Waals surface area (Å²) >= 11 is 0. The Kier molecular flexibility index (Phi) is 8.33. The first-order chi connectivity index (χ1) is 13.9. The molecule has 2 rings (SSSR count). The maximum Gasteiger partial charge on any atom is 0.408 e. The summed E-state index contributed by atoms with van der Waals surface area (Å²) in [5.74, 6) is 0.809. The van der Waals surface area contributed by atoms with Crippen LogP contribution in [0.3, 0.4) is 0 Å². The molecule has 2 amide bonds. The third-order valence-electron chi connectivity index (χ3n) is 4.35. The van der Waals surface area contributed by atoms with E-state index in [9.17, 15) is 9.59 Å². The van der Waals surface area contributed by atoms with Crippen molar-refractivity contribution in [3.05, 3.63) is 59.7 Å². The van der Waals surface area contributed by atoms with Gasteiger partial charge in [-0.25, -0.2) is 4.79 Å². The Labute approximate surface area is 171 Å². The lowest BCUT2D eigenvalue weighted by Crippen LogP contribution is -2.49. The van der Waals surface area contributed by atoms with Gasteiger partial charge >= 0.3 is 6.09 Å². The molecule has 0 aliphatic carbocycles. The van der Waals surface area contributed by atoms with E-state index in [1.807, 2.05) is 50.2 Å². The van der Waals surface area contributed by atoms with Gasteiger partial charge in [-0.05, 0) is 29.2 Å². The highest BCUT2D eigenvalue weighted by atomic mass is 16.5. The van der Waals surface area contributed by atoms with E-state index in [0.717, 1.165) is 11.1 Å². The number of nitrogens with one attached hydrogen (secondary N) is 2. The van der Waals surface area contributed by atoms with E-state index in [2.05, 4.69) is 10.6 Å². The van der Waals surface area contributed by atoms with Gasteiger partial charge in [0.15, 0.2) is 11.5 Å². The number of rotatable bonds is 9. The average Bonchev–Trinajstić information content (AvgIpc) is 2.74. The van der Waals surface area contributed by atoms with Crippen LogP contribution in [0, 0.1) is 5.92 Å². The molecule has 156 valence electrons. The van der Waals surface area contributed by atoms with Gasteiger partial charge in [-0.2, -0.15) is 0 Å². The smallest absolute Gasteiger partial charge is 0.408 e. The first-order valence-corrected chi connectivity index (χ1v) is 9.40. The molecule has 0 saturated carbocycles. The SMILES string of the molecule is COc1ccc(CNC(=O)[C@@H](NC(=O)OCc2ccccc2)C(C)C)cc1OC. The monoisotopic (exact) mass is 400 g/mol. The molecule has 7 heteroatoms. The zero-order chi connectivity index (χ0) is 21.2. The number of carbonyl (C=O) groups excluding carboxylic acids is 2. The molecule has 0 fully saturated rings. The molecule has 0 saturated heterocycles. The van der Waals surface area contributed by atoms with Crippen molar-refractivity contribution in [1.82, 2.24) is 10.6 Å². The topological polar surface area (TPSA) is 85.9 Å². The Morgan fingerprint density at radius 2 is 1.62 bits per heavy atom. The van der Waals surface area contributed by atoms with Gasteiger partial charge in [-0.15, -0.1) is 0 Å². The van der Waals surface area contributed by atoms with E-state index in [1.54, 1.807) is 26.4 Å². The summed E-state index contributed by atoms with van der Waals surface area (Å²) in [6, 6.07) is 14.1. The molecule has 0 aliphatic heterocycles. The Hall–Kier alpha value is -3.22. The van der Waals surface area contributed by atoms with E-state index >= 15 is 0 Å². The highest BCUT2D eigenvalue weighted by Crippen LogP contribution is 2.27. The Morgan fingerprint density at radius 1 is 0.931 bits per heavy atom. The van der Waals surface area contributed by atoms with E-state index in [0.29, 0.717) is 18.0 Å². The van der Waals surface area contributed by atoms with Crippen LogP contribution < -0.4 is 20.1 Å². The number of carbonyl (C=O) groups is 2. The van der Waals surface area contributed by atoms with Crippen molar-refractivity contribution < 1.29 is 23.8 Å². The second-order valence-electron chi connectivity index (χ2n) is 6.83. The molecule has 2 N–H and O–H groups in total. The quantitative estimate of drug-likeness (QED) is 0.675. The fraction of sp³-hybridized carbons (Fsp3) is 0.364. The largest absolute Gasteiger partial charge is 0.493 e. The zero-order valence-corrected chi connectivity index (χ0v) is 17.2. The van der Waals surface area contributed by atoms with Gasteiger partial charge in [0.1, 0.15) is 12.6 Å². The van der Waals surface area contributed by atoms with Crippen LogP contribution in [0.5, 0.6) is 11.5 Å². The molecule has 29 heavy (non-hydrogen) atoms. The van der Waals surface area contributed by atoms with E-state index < -0.39 is 12.1 Å². The van der Waals surface area contributed by atoms with Crippen LogP contribution in [0.1, 0.15) is 25.0 Å². The summed E-state index contributed by atoms with van der Waals surface area (Å²) in [6.45, 7) is 4.16. The van der Waals surface area contributed by atoms with Gasteiger partial charge in [0, 0.05) is 6.54 Å². The number of amides is 2. The van der Waals surface area contributed by atoms with Crippen molar-refractivity contribution in [2.45, 2.75) is 33.0 Å². The van der Waals surface area contributed by atoms with Crippen LogP contribution in [0.25, 0.3) is 0 Å². The second kappa shape index (κ2) is 10.9. The fourth-order valence-electron chi connectivity index (χ4n) is 2.72. The number of methoxy groups -OCH3 is 2. The third kappa shape index (κ3) is 6.71. The fourth-order valence-corrected chi connectivity index (χ4v) is 2.72. The van der Waals surface area contributed by atoms with E-state index in [4.69, 9.17) is 14.2 Å². The summed E-state index contributed by atoms with van der Waals surface area (Å²) in [5, 5.41) is 5.49. The normalized spacial score (nSPS) is 11.5. The van der Waals surface area contributed by atoms with Crippen molar-refractivity contribution in [2.24, 2.45) is 5.92 Å². The lowest BCUT2D eigenvalue weighted by Gasteiger charge is -2.21. The molecule has 1 atom stereocenters. The Morgan fingerprint density at radius 3 is 2.24 bits per heavy atom. The van der Waals surface area contributed by atoms with Gasteiger partial charge < -0.3 is 24.8 Å². The minimum absolute atomic E-state index is 0.107. The van der Waals surface area contributed by atoms with E-state index in [1.165, 1.54) is 0 Å². The molecule has 2 aromatic carbocycles. The van der Waals surface area contributed by atoms with Crippen molar-refractivity contribution in [2.75, 3.05) is 14.2 Å². The molecule has 0 aromatic heterocycles. The minimum Gasteiger partial charge on any atom is -0.493 e. The van der Waals surface area contributed by atoms with Gasteiger partial charge in [-0.1, -0.05) is 50.2 Å². The van der Waals surface area contributed by atoms with Gasteiger partial charge in [0.2, 0.25) is 5.91 Å². The molecule has 2 aromatic rings. The summed E-state index contributed by atoms with van der Waals surface area (Å²) < 4.78 is 15.7. The van der Waals surface area contributed by atoms with Crippen molar-refractivity contribution in [1.29, 1.82) is 0 Å². The summed E-state index contributed by atoms with van der Waals surface area (Å²) in [7, 11) is 3.12. The highest BCUT2D eigenvalue weighted by molar-refractivity contribution is 5.85. The predicted molar refractivity (Wildman–Crippen MR) is 110 cm³/mol. The van der Waals surface area contributed by atoms with Crippen molar-refractivity contribution in [3.63, 3.8) is 0 Å². The molecule has 0 aliphatic rings. The zero-order valence-electron chi connectivity index (χ0n) is 17.2. The number of alkyl carbamates (subject to hydrolysis) is 1. The predicted octanol–water partition coefficient (Wildman–Crippen LogP) is 3.27. The molecule has 0 radical (unpaired) electrons. The summed E-state index contributed by atoms with van der Waals surface area (Å²) in [5.41, 5.74) is 1.73. The van der Waals surface area contributed by atoms with Crippen molar-refractivity contribution in [3.8, 4) is 11.5 Å². The first kappa shape index (κ1) is 22.1. The van der Waals surface area contributed by atoms with Crippen LogP contribution >= 0.6 is 0 Å². The highest BCUT2D eigenvalue weighted by Gasteiger charge is 2.24. The molecule has 0 bridgehead atoms. The van der Waals surface area contributed by atoms with Gasteiger partial charge in [-0.3, -0.25) is 4.79 Å². The summed E-state index contributed by atoms with van der Waals surface area (Å²) in [4.78, 5) is 24.7. The molecule has 0 heterocycles. The molecule has 0 unspecified atom stereocenters. The van der Waals surface area contributed by atoms with Crippen LogP contribution in [-0.4, -0.2) is 32.3 Å². The second-order valence-corrected chi connectivity index (χ2v) is 6.83. The van der Waals surface area contributed by atoms with Crippen molar-refractivity contribution >= 4 is 12.0 Å². The third-order valence-corrected chi connectivity index (χ3v) is 4.35. The number of hydrogen-bond donors (Lipinski definition) is 2. The molecular formula is C22H28N2O5. The number of benzene rings is 2. The van der Waals surface area contributed by atoms with Crippen LogP contribution in [0.15, 0.2) is 48.5 Å². The lowest BCUT2D eigenvalue weighted by molar-refractivity contribution is -0.124. The average molecular weight is 400 g/mol. The van der Waals surface area contributed by atoms with Gasteiger partial charge in [0.25, 0.3) is 0 Å². The maximum atomic E-state index is 12.6. The Balaban J connectivity index is 1.90.